The van der Waals surface area contributed by atoms with Crippen LogP contribution in [0.15, 0.2) is 35.6 Å². The summed E-state index contributed by atoms with van der Waals surface area (Å²) in [5.74, 6) is 1.34. The van der Waals surface area contributed by atoms with Gasteiger partial charge in [0.25, 0.3) is 0 Å². The smallest absolute Gasteiger partial charge is 0.129 e. The van der Waals surface area contributed by atoms with E-state index in [0.29, 0.717) is 12.0 Å². The van der Waals surface area contributed by atoms with Crippen LogP contribution in [0.25, 0.3) is 22.2 Å². The van der Waals surface area contributed by atoms with Crippen LogP contribution in [0.4, 0.5) is 11.5 Å². The van der Waals surface area contributed by atoms with Gasteiger partial charge in [-0.15, -0.1) is 0 Å². The second-order valence-corrected chi connectivity index (χ2v) is 9.62. The summed E-state index contributed by atoms with van der Waals surface area (Å²) in [6, 6.07) is 9.46. The molecule has 1 aliphatic carbocycles. The van der Waals surface area contributed by atoms with Gasteiger partial charge in [-0.05, 0) is 55.4 Å². The number of aliphatic imine (C=N–C) groups is 1. The van der Waals surface area contributed by atoms with Gasteiger partial charge in [0.15, 0.2) is 0 Å². The molecule has 1 N–H and O–H groups in total. The van der Waals surface area contributed by atoms with Crippen molar-refractivity contribution in [3.8, 4) is 11.1 Å². The number of imidazole rings is 1. The van der Waals surface area contributed by atoms with E-state index in [1.165, 1.54) is 37.6 Å². The molecule has 0 radical (unpaired) electrons. The van der Waals surface area contributed by atoms with E-state index >= 15 is 0 Å². The Balaban J connectivity index is 1.38. The van der Waals surface area contributed by atoms with E-state index in [9.17, 15) is 5.11 Å². The van der Waals surface area contributed by atoms with Gasteiger partial charge in [-0.2, -0.15) is 0 Å². The normalized spacial score (nSPS) is 21.4. The fraction of sp³-hybridized carbons (Fsp3) is 0.500. The summed E-state index contributed by atoms with van der Waals surface area (Å²) >= 11 is 0. The van der Waals surface area contributed by atoms with Crippen molar-refractivity contribution in [3.05, 3.63) is 36.3 Å². The van der Waals surface area contributed by atoms with Crippen LogP contribution >= 0.6 is 0 Å². The Morgan fingerprint density at radius 3 is 2.81 bits per heavy atom. The van der Waals surface area contributed by atoms with Gasteiger partial charge in [0, 0.05) is 43.9 Å². The van der Waals surface area contributed by atoms with E-state index in [1.54, 1.807) is 0 Å². The Labute approximate surface area is 189 Å². The Morgan fingerprint density at radius 2 is 1.94 bits per heavy atom. The topological polar surface area (TPSA) is 66.5 Å². The fourth-order valence-corrected chi connectivity index (χ4v) is 5.74. The van der Waals surface area contributed by atoms with Gasteiger partial charge in [0.05, 0.1) is 28.7 Å². The van der Waals surface area contributed by atoms with Crippen LogP contribution in [0, 0.1) is 5.92 Å². The zero-order valence-corrected chi connectivity index (χ0v) is 18.6. The Bertz CT molecular complexity index is 1160. The van der Waals surface area contributed by atoms with Crippen LogP contribution < -0.4 is 4.90 Å². The lowest BCUT2D eigenvalue weighted by atomic mass is 9.95. The third-order valence-corrected chi connectivity index (χ3v) is 7.51. The number of piperidine rings is 1. The Morgan fingerprint density at radius 1 is 1.03 bits per heavy atom. The van der Waals surface area contributed by atoms with E-state index in [1.807, 2.05) is 12.5 Å². The standard InChI is InChI=1S/C26H31N5O/c32-16-18-5-4-12-30(15-18)25-14-21(26-22(29-25)10-11-27-26)19-8-9-24-23(13-19)28-17-31(24)20-6-2-1-3-7-20/h8-9,11,13-14,17-18,20,32H,1-7,10,12,15-16H2. The van der Waals surface area contributed by atoms with Crippen molar-refractivity contribution in [2.24, 2.45) is 10.9 Å². The molecule has 32 heavy (non-hydrogen) atoms. The molecule has 2 fully saturated rings. The average Bonchev–Trinajstić information content (AvgIpc) is 3.50. The number of aliphatic hydroxyl groups excluding tert-OH is 1. The number of hydrogen-bond acceptors (Lipinski definition) is 5. The molecular formula is C26H31N5O. The van der Waals surface area contributed by atoms with E-state index in [-0.39, 0.29) is 6.61 Å². The highest BCUT2D eigenvalue weighted by molar-refractivity contribution is 5.91. The first-order valence-electron chi connectivity index (χ1n) is 12.2. The molecule has 1 unspecified atom stereocenters. The fourth-order valence-electron chi connectivity index (χ4n) is 5.74. The highest BCUT2D eigenvalue weighted by Gasteiger charge is 2.24. The summed E-state index contributed by atoms with van der Waals surface area (Å²) in [4.78, 5) is 16.8. The Hall–Kier alpha value is -2.73. The van der Waals surface area contributed by atoms with Crippen molar-refractivity contribution in [1.82, 2.24) is 14.5 Å². The molecule has 1 saturated heterocycles. The second-order valence-electron chi connectivity index (χ2n) is 9.62. The largest absolute Gasteiger partial charge is 0.396 e. The lowest BCUT2D eigenvalue weighted by Gasteiger charge is -2.33. The first-order chi connectivity index (χ1) is 15.8. The number of aromatic nitrogens is 3. The number of rotatable bonds is 4. The first kappa shape index (κ1) is 19.9. The van der Waals surface area contributed by atoms with Crippen LogP contribution in [-0.2, 0) is 6.42 Å². The molecule has 1 aromatic carbocycles. The van der Waals surface area contributed by atoms with Crippen molar-refractivity contribution in [3.63, 3.8) is 0 Å². The molecule has 6 heteroatoms. The van der Waals surface area contributed by atoms with Gasteiger partial charge >= 0.3 is 0 Å². The molecule has 1 saturated carbocycles. The quantitative estimate of drug-likeness (QED) is 0.629. The maximum Gasteiger partial charge on any atom is 0.129 e. The number of pyridine rings is 1. The number of anilines is 1. The van der Waals surface area contributed by atoms with E-state index in [2.05, 4.69) is 38.7 Å². The minimum absolute atomic E-state index is 0.248. The molecule has 166 valence electrons. The zero-order chi connectivity index (χ0) is 21.5. The van der Waals surface area contributed by atoms with Crippen LogP contribution in [0.1, 0.15) is 56.7 Å². The third-order valence-electron chi connectivity index (χ3n) is 7.51. The maximum atomic E-state index is 9.66. The maximum absolute atomic E-state index is 9.66. The van der Waals surface area contributed by atoms with Crippen molar-refractivity contribution < 1.29 is 5.11 Å². The van der Waals surface area contributed by atoms with Gasteiger partial charge in [-0.3, -0.25) is 4.99 Å². The minimum atomic E-state index is 0.248. The molecule has 4 heterocycles. The zero-order valence-electron chi connectivity index (χ0n) is 18.6. The van der Waals surface area contributed by atoms with Crippen molar-refractivity contribution in [1.29, 1.82) is 0 Å². The number of hydrogen-bond donors (Lipinski definition) is 1. The van der Waals surface area contributed by atoms with E-state index in [4.69, 9.17) is 9.97 Å². The number of fused-ring (bicyclic) bond motifs is 2. The van der Waals surface area contributed by atoms with Crippen molar-refractivity contribution in [2.75, 3.05) is 24.6 Å². The summed E-state index contributed by atoms with van der Waals surface area (Å²) in [6.07, 6.45) is 13.5. The van der Waals surface area contributed by atoms with Gasteiger partial charge in [0.2, 0.25) is 0 Å². The van der Waals surface area contributed by atoms with Crippen molar-refractivity contribution >= 4 is 28.8 Å². The van der Waals surface area contributed by atoms with E-state index < -0.39 is 0 Å². The minimum Gasteiger partial charge on any atom is -0.396 e. The number of nitrogens with zero attached hydrogens (tertiary/aromatic N) is 5. The van der Waals surface area contributed by atoms with Crippen molar-refractivity contribution in [2.45, 2.75) is 57.4 Å². The summed E-state index contributed by atoms with van der Waals surface area (Å²) in [6.45, 7) is 2.11. The van der Waals surface area contributed by atoms with Gasteiger partial charge < -0.3 is 14.6 Å². The molecular weight excluding hydrogens is 398 g/mol. The third kappa shape index (κ3) is 3.51. The summed E-state index contributed by atoms with van der Waals surface area (Å²) < 4.78 is 2.39. The van der Waals surface area contributed by atoms with E-state index in [0.717, 1.165) is 66.2 Å². The summed E-state index contributed by atoms with van der Waals surface area (Å²) in [7, 11) is 0. The predicted molar refractivity (Wildman–Crippen MR) is 129 cm³/mol. The lowest BCUT2D eigenvalue weighted by molar-refractivity contribution is 0.208. The monoisotopic (exact) mass is 429 g/mol. The molecule has 6 rings (SSSR count). The highest BCUT2D eigenvalue weighted by atomic mass is 16.3. The van der Waals surface area contributed by atoms with Crippen LogP contribution in [0.3, 0.4) is 0 Å². The predicted octanol–water partition coefficient (Wildman–Crippen LogP) is 5.07. The highest BCUT2D eigenvalue weighted by Crippen LogP contribution is 2.40. The van der Waals surface area contributed by atoms with Gasteiger partial charge in [-0.25, -0.2) is 9.97 Å². The lowest BCUT2D eigenvalue weighted by Crippen LogP contribution is -2.37. The van der Waals surface area contributed by atoms with Crippen LogP contribution in [0.2, 0.25) is 0 Å². The van der Waals surface area contributed by atoms with Crippen LogP contribution in [-0.4, -0.2) is 45.6 Å². The molecule has 0 amide bonds. The molecule has 0 bridgehead atoms. The molecule has 1 atom stereocenters. The SMILES string of the molecule is OCC1CCCN(c2cc(-c3ccc4c(c3)ncn4C3CCCCC3)c3c(n2)CC=N3)C1. The molecule has 2 aliphatic heterocycles. The molecule has 0 spiro atoms. The second kappa shape index (κ2) is 8.32. The van der Waals surface area contributed by atoms with Crippen LogP contribution in [0.5, 0.6) is 0 Å². The molecule has 2 aromatic heterocycles. The summed E-state index contributed by atoms with van der Waals surface area (Å²) in [5.41, 5.74) is 6.63. The van der Waals surface area contributed by atoms with Gasteiger partial charge in [-0.1, -0.05) is 25.3 Å². The number of aliphatic hydroxyl groups is 1. The summed E-state index contributed by atoms with van der Waals surface area (Å²) in [5, 5.41) is 9.66. The Kier molecular flexibility index (Phi) is 5.18. The molecule has 6 nitrogen and oxygen atoms in total. The first-order valence-corrected chi connectivity index (χ1v) is 12.2. The molecule has 3 aliphatic rings. The van der Waals surface area contributed by atoms with Gasteiger partial charge in [0.1, 0.15) is 5.82 Å². The molecule has 3 aromatic rings. The average molecular weight is 430 g/mol. The number of benzene rings is 1.